The first-order valence-corrected chi connectivity index (χ1v) is 6.52. The van der Waals surface area contributed by atoms with Gasteiger partial charge in [-0.2, -0.15) is 5.26 Å². The van der Waals surface area contributed by atoms with E-state index >= 15 is 0 Å². The summed E-state index contributed by atoms with van der Waals surface area (Å²) in [6, 6.07) is 13.7. The Hall–Kier alpha value is -2.38. The molecular weight excluding hydrogens is 248 g/mol. The van der Waals surface area contributed by atoms with E-state index in [1.807, 2.05) is 56.6 Å². The number of nitriles is 1. The normalized spacial score (nSPS) is 11.7. The predicted octanol–water partition coefficient (Wildman–Crippen LogP) is 2.61. The topological polar surface area (TPSA) is 65.9 Å². The third-order valence-corrected chi connectivity index (χ3v) is 3.15. The number of aromatic nitrogens is 1. The van der Waals surface area contributed by atoms with Crippen LogP contribution in [0.2, 0.25) is 0 Å². The van der Waals surface area contributed by atoms with Crippen LogP contribution in [-0.4, -0.2) is 12.0 Å². The molecule has 0 radical (unpaired) electrons. The zero-order valence-electron chi connectivity index (χ0n) is 11.7. The average Bonchev–Trinajstić information content (AvgIpc) is 2.47. The SMILES string of the molecule is C[C@H](N)c1ccc(N(C)Cc2cccc(C#N)c2)cn1. The zero-order chi connectivity index (χ0) is 14.5. The molecule has 1 atom stereocenters. The Labute approximate surface area is 119 Å². The van der Waals surface area contributed by atoms with Gasteiger partial charge in [-0.1, -0.05) is 12.1 Å². The average molecular weight is 266 g/mol. The van der Waals surface area contributed by atoms with E-state index in [-0.39, 0.29) is 6.04 Å². The Morgan fingerprint density at radius 1 is 1.35 bits per heavy atom. The molecule has 0 unspecified atom stereocenters. The highest BCUT2D eigenvalue weighted by Gasteiger charge is 2.05. The number of benzene rings is 1. The number of rotatable bonds is 4. The minimum Gasteiger partial charge on any atom is -0.369 e. The second kappa shape index (κ2) is 6.18. The first kappa shape index (κ1) is 14.0. The fourth-order valence-electron chi connectivity index (χ4n) is 2.00. The Morgan fingerprint density at radius 2 is 2.15 bits per heavy atom. The monoisotopic (exact) mass is 266 g/mol. The van der Waals surface area contributed by atoms with Crippen molar-refractivity contribution < 1.29 is 0 Å². The van der Waals surface area contributed by atoms with E-state index in [9.17, 15) is 0 Å². The summed E-state index contributed by atoms with van der Waals surface area (Å²) in [6.07, 6.45) is 1.83. The molecule has 2 N–H and O–H groups in total. The van der Waals surface area contributed by atoms with Crippen molar-refractivity contribution in [1.82, 2.24) is 4.98 Å². The highest BCUT2D eigenvalue weighted by molar-refractivity contribution is 5.45. The molecule has 0 aliphatic heterocycles. The lowest BCUT2D eigenvalue weighted by atomic mass is 10.1. The maximum absolute atomic E-state index is 8.91. The van der Waals surface area contributed by atoms with Crippen molar-refractivity contribution >= 4 is 5.69 Å². The van der Waals surface area contributed by atoms with E-state index in [2.05, 4.69) is 16.0 Å². The van der Waals surface area contributed by atoms with Gasteiger partial charge in [0.1, 0.15) is 0 Å². The molecule has 102 valence electrons. The molecule has 1 aromatic heterocycles. The summed E-state index contributed by atoms with van der Waals surface area (Å²) in [7, 11) is 2.00. The number of anilines is 1. The molecule has 1 aromatic carbocycles. The molecule has 20 heavy (non-hydrogen) atoms. The largest absolute Gasteiger partial charge is 0.369 e. The van der Waals surface area contributed by atoms with E-state index in [1.54, 1.807) is 0 Å². The molecule has 1 heterocycles. The van der Waals surface area contributed by atoms with Gasteiger partial charge in [-0.25, -0.2) is 0 Å². The van der Waals surface area contributed by atoms with Gasteiger partial charge in [-0.3, -0.25) is 4.98 Å². The van der Waals surface area contributed by atoms with Crippen molar-refractivity contribution in [1.29, 1.82) is 5.26 Å². The van der Waals surface area contributed by atoms with Crippen LogP contribution in [0.4, 0.5) is 5.69 Å². The molecule has 0 bridgehead atoms. The lowest BCUT2D eigenvalue weighted by Crippen LogP contribution is -2.17. The summed E-state index contributed by atoms with van der Waals surface area (Å²) in [5.41, 5.74) is 9.48. The molecular formula is C16H18N4. The van der Waals surface area contributed by atoms with Crippen LogP contribution in [0.3, 0.4) is 0 Å². The van der Waals surface area contributed by atoms with Gasteiger partial charge in [0.05, 0.1) is 29.2 Å². The van der Waals surface area contributed by atoms with Crippen molar-refractivity contribution in [3.63, 3.8) is 0 Å². The fourth-order valence-corrected chi connectivity index (χ4v) is 2.00. The van der Waals surface area contributed by atoms with Gasteiger partial charge in [0.25, 0.3) is 0 Å². The number of nitrogens with zero attached hydrogens (tertiary/aromatic N) is 3. The van der Waals surface area contributed by atoms with Crippen molar-refractivity contribution in [2.45, 2.75) is 19.5 Å². The molecule has 4 heteroatoms. The van der Waals surface area contributed by atoms with Gasteiger partial charge in [-0.15, -0.1) is 0 Å². The summed E-state index contributed by atoms with van der Waals surface area (Å²) in [5, 5.41) is 8.91. The van der Waals surface area contributed by atoms with E-state index < -0.39 is 0 Å². The maximum atomic E-state index is 8.91. The van der Waals surface area contributed by atoms with Crippen LogP contribution in [0.1, 0.15) is 29.8 Å². The maximum Gasteiger partial charge on any atom is 0.0991 e. The molecule has 0 fully saturated rings. The summed E-state index contributed by atoms with van der Waals surface area (Å²) in [5.74, 6) is 0. The number of pyridine rings is 1. The van der Waals surface area contributed by atoms with Gasteiger partial charge in [0.15, 0.2) is 0 Å². The third kappa shape index (κ3) is 3.34. The van der Waals surface area contributed by atoms with Gasteiger partial charge < -0.3 is 10.6 Å². The van der Waals surface area contributed by atoms with Gasteiger partial charge in [0.2, 0.25) is 0 Å². The molecule has 4 nitrogen and oxygen atoms in total. The van der Waals surface area contributed by atoms with E-state index in [4.69, 9.17) is 11.0 Å². The minimum atomic E-state index is -0.0540. The van der Waals surface area contributed by atoms with Crippen molar-refractivity contribution in [3.05, 3.63) is 59.4 Å². The summed E-state index contributed by atoms with van der Waals surface area (Å²) < 4.78 is 0. The second-order valence-electron chi connectivity index (χ2n) is 4.90. The molecule has 0 aliphatic rings. The Balaban J connectivity index is 2.11. The summed E-state index contributed by atoms with van der Waals surface area (Å²) >= 11 is 0. The van der Waals surface area contributed by atoms with Crippen molar-refractivity contribution in [3.8, 4) is 6.07 Å². The highest BCUT2D eigenvalue weighted by atomic mass is 15.1. The van der Waals surface area contributed by atoms with E-state index in [0.717, 1.165) is 23.5 Å². The standard InChI is InChI=1S/C16H18N4/c1-12(18)16-7-6-15(10-19-16)20(2)11-14-5-3-4-13(8-14)9-17/h3-8,10,12H,11,18H2,1-2H3/t12-/m0/s1. The number of nitrogens with two attached hydrogens (primary N) is 1. The van der Waals surface area contributed by atoms with Crippen molar-refractivity contribution in [2.75, 3.05) is 11.9 Å². The van der Waals surface area contributed by atoms with Crippen LogP contribution >= 0.6 is 0 Å². The minimum absolute atomic E-state index is 0.0540. The molecule has 0 saturated heterocycles. The van der Waals surface area contributed by atoms with Crippen LogP contribution in [0.25, 0.3) is 0 Å². The van der Waals surface area contributed by atoms with Crippen LogP contribution in [-0.2, 0) is 6.54 Å². The molecule has 0 aliphatic carbocycles. The van der Waals surface area contributed by atoms with Crippen LogP contribution < -0.4 is 10.6 Å². The van der Waals surface area contributed by atoms with Gasteiger partial charge in [0, 0.05) is 19.6 Å². The Bertz CT molecular complexity index is 611. The molecule has 2 aromatic rings. The first-order valence-electron chi connectivity index (χ1n) is 6.52. The van der Waals surface area contributed by atoms with Gasteiger partial charge >= 0.3 is 0 Å². The quantitative estimate of drug-likeness (QED) is 0.923. The first-order chi connectivity index (χ1) is 9.60. The molecule has 0 saturated carbocycles. The Morgan fingerprint density at radius 3 is 2.75 bits per heavy atom. The van der Waals surface area contributed by atoms with Gasteiger partial charge in [-0.05, 0) is 36.8 Å². The summed E-state index contributed by atoms with van der Waals surface area (Å²) in [6.45, 7) is 2.65. The zero-order valence-corrected chi connectivity index (χ0v) is 11.7. The van der Waals surface area contributed by atoms with E-state index in [0.29, 0.717) is 5.56 Å². The smallest absolute Gasteiger partial charge is 0.0991 e. The number of hydrogen-bond acceptors (Lipinski definition) is 4. The highest BCUT2D eigenvalue weighted by Crippen LogP contribution is 2.17. The number of hydrogen-bond donors (Lipinski definition) is 1. The van der Waals surface area contributed by atoms with Crippen molar-refractivity contribution in [2.24, 2.45) is 5.73 Å². The summed E-state index contributed by atoms with van der Waals surface area (Å²) in [4.78, 5) is 6.45. The second-order valence-corrected chi connectivity index (χ2v) is 4.90. The Kier molecular flexibility index (Phi) is 4.34. The third-order valence-electron chi connectivity index (χ3n) is 3.15. The predicted molar refractivity (Wildman–Crippen MR) is 80.1 cm³/mol. The van der Waals surface area contributed by atoms with E-state index in [1.165, 1.54) is 0 Å². The van der Waals surface area contributed by atoms with Crippen LogP contribution in [0.15, 0.2) is 42.6 Å². The molecule has 0 spiro atoms. The lowest BCUT2D eigenvalue weighted by Gasteiger charge is -2.19. The fraction of sp³-hybridized carbons (Fsp3) is 0.250. The lowest BCUT2D eigenvalue weighted by molar-refractivity contribution is 0.779. The molecule has 0 amide bonds. The molecule has 2 rings (SSSR count). The van der Waals surface area contributed by atoms with Crippen LogP contribution in [0.5, 0.6) is 0 Å². The van der Waals surface area contributed by atoms with Crippen LogP contribution in [0, 0.1) is 11.3 Å².